The van der Waals surface area contributed by atoms with E-state index in [2.05, 4.69) is 19.1 Å². The predicted molar refractivity (Wildman–Crippen MR) is 82.5 cm³/mol. The summed E-state index contributed by atoms with van der Waals surface area (Å²) in [6.45, 7) is 3.71. The Morgan fingerprint density at radius 3 is 2.50 bits per heavy atom. The van der Waals surface area contributed by atoms with Crippen LogP contribution in [0.5, 0.6) is 17.2 Å². The lowest BCUT2D eigenvalue weighted by Crippen LogP contribution is -2.07. The fourth-order valence-electron chi connectivity index (χ4n) is 2.78. The Morgan fingerprint density at radius 1 is 1.18 bits per heavy atom. The zero-order chi connectivity index (χ0) is 15.5. The highest BCUT2D eigenvalue weighted by molar-refractivity contribution is 5.71. The van der Waals surface area contributed by atoms with Crippen molar-refractivity contribution in [3.63, 3.8) is 0 Å². The number of carbonyl (C=O) groups is 1. The first-order valence-electron chi connectivity index (χ1n) is 7.36. The van der Waals surface area contributed by atoms with E-state index in [0.717, 1.165) is 12.0 Å². The highest BCUT2D eigenvalue weighted by Crippen LogP contribution is 2.43. The molecule has 2 aromatic rings. The molecule has 1 aliphatic heterocycles. The van der Waals surface area contributed by atoms with E-state index in [1.54, 1.807) is 6.07 Å². The van der Waals surface area contributed by atoms with Gasteiger partial charge in [0.25, 0.3) is 0 Å². The van der Waals surface area contributed by atoms with Crippen LogP contribution in [0.4, 0.5) is 0 Å². The van der Waals surface area contributed by atoms with Gasteiger partial charge in [-0.05, 0) is 18.1 Å². The van der Waals surface area contributed by atoms with E-state index in [0.29, 0.717) is 17.2 Å². The van der Waals surface area contributed by atoms with E-state index in [1.165, 1.54) is 12.5 Å². The van der Waals surface area contributed by atoms with E-state index < -0.39 is 0 Å². The van der Waals surface area contributed by atoms with Gasteiger partial charge in [0, 0.05) is 24.5 Å². The molecule has 3 rings (SSSR count). The van der Waals surface area contributed by atoms with Gasteiger partial charge in [0.15, 0.2) is 11.5 Å². The second kappa shape index (κ2) is 6.10. The maximum atomic E-state index is 11.4. The van der Waals surface area contributed by atoms with Gasteiger partial charge in [-0.15, -0.1) is 0 Å². The summed E-state index contributed by atoms with van der Waals surface area (Å²) in [4.78, 5) is 11.4. The van der Waals surface area contributed by atoms with Gasteiger partial charge >= 0.3 is 5.97 Å². The van der Waals surface area contributed by atoms with Gasteiger partial charge in [-0.25, -0.2) is 0 Å². The highest BCUT2D eigenvalue weighted by Gasteiger charge is 2.24. The van der Waals surface area contributed by atoms with Crippen LogP contribution in [0.2, 0.25) is 0 Å². The molecule has 0 fully saturated rings. The van der Waals surface area contributed by atoms with Gasteiger partial charge in [-0.2, -0.15) is 0 Å². The first-order valence-corrected chi connectivity index (χ1v) is 7.36. The van der Waals surface area contributed by atoms with Crippen LogP contribution in [-0.2, 0) is 4.79 Å². The second-order valence-electron chi connectivity index (χ2n) is 5.21. The maximum Gasteiger partial charge on any atom is 0.308 e. The molecule has 0 bridgehead atoms. The van der Waals surface area contributed by atoms with Crippen molar-refractivity contribution in [2.75, 3.05) is 6.79 Å². The molecule has 0 aliphatic carbocycles. The molecule has 114 valence electrons. The van der Waals surface area contributed by atoms with Gasteiger partial charge in [0.1, 0.15) is 5.75 Å². The summed E-state index contributed by atoms with van der Waals surface area (Å²) in [7, 11) is 0. The lowest BCUT2D eigenvalue weighted by Gasteiger charge is -2.19. The first-order chi connectivity index (χ1) is 10.7. The molecule has 4 nitrogen and oxygen atoms in total. The molecule has 0 saturated carbocycles. The van der Waals surface area contributed by atoms with Gasteiger partial charge in [0.2, 0.25) is 6.79 Å². The number of carbonyl (C=O) groups excluding carboxylic acids is 1. The van der Waals surface area contributed by atoms with Crippen LogP contribution >= 0.6 is 0 Å². The third kappa shape index (κ3) is 2.77. The predicted octanol–water partition coefficient (Wildman–Crippen LogP) is 3.88. The molecule has 0 spiro atoms. The summed E-state index contributed by atoms with van der Waals surface area (Å²) in [6, 6.07) is 13.8. The summed E-state index contributed by atoms with van der Waals surface area (Å²) >= 11 is 0. The van der Waals surface area contributed by atoms with E-state index in [1.807, 2.05) is 24.3 Å². The minimum atomic E-state index is -0.344. The zero-order valence-electron chi connectivity index (χ0n) is 12.7. The van der Waals surface area contributed by atoms with Crippen LogP contribution in [0, 0.1) is 0 Å². The van der Waals surface area contributed by atoms with Crippen LogP contribution in [0.15, 0.2) is 42.5 Å². The van der Waals surface area contributed by atoms with Crippen molar-refractivity contribution < 1.29 is 19.0 Å². The molecule has 0 aromatic heterocycles. The maximum absolute atomic E-state index is 11.4. The van der Waals surface area contributed by atoms with Gasteiger partial charge in [0.05, 0.1) is 0 Å². The molecule has 1 atom stereocenters. The third-order valence-electron chi connectivity index (χ3n) is 3.74. The smallest absolute Gasteiger partial charge is 0.308 e. The highest BCUT2D eigenvalue weighted by atomic mass is 16.7. The SMILES string of the molecule is CC[C@H](c1ccccc1)c1cc2c(cc1OC(C)=O)OCO2. The summed E-state index contributed by atoms with van der Waals surface area (Å²) in [6.07, 6.45) is 0.887. The molecular formula is C18H18O4. The van der Waals surface area contributed by atoms with Gasteiger partial charge in [-0.3, -0.25) is 4.79 Å². The molecule has 0 amide bonds. The summed E-state index contributed by atoms with van der Waals surface area (Å²) in [5.41, 5.74) is 2.12. The minimum Gasteiger partial charge on any atom is -0.454 e. The average Bonchev–Trinajstić information content (AvgIpc) is 2.96. The Hall–Kier alpha value is -2.49. The molecule has 0 unspecified atom stereocenters. The summed E-state index contributed by atoms with van der Waals surface area (Å²) in [5.74, 6) is 1.63. The summed E-state index contributed by atoms with van der Waals surface area (Å²) in [5, 5.41) is 0. The van der Waals surface area contributed by atoms with Crippen molar-refractivity contribution in [3.8, 4) is 17.2 Å². The van der Waals surface area contributed by atoms with Gasteiger partial charge in [-0.1, -0.05) is 37.3 Å². The van der Waals surface area contributed by atoms with Crippen molar-refractivity contribution in [3.05, 3.63) is 53.6 Å². The van der Waals surface area contributed by atoms with Crippen LogP contribution in [0.1, 0.15) is 37.3 Å². The number of hydrogen-bond acceptors (Lipinski definition) is 4. The number of fused-ring (bicyclic) bond motifs is 1. The second-order valence-corrected chi connectivity index (χ2v) is 5.21. The zero-order valence-corrected chi connectivity index (χ0v) is 12.7. The molecule has 0 saturated heterocycles. The number of esters is 1. The van der Waals surface area contributed by atoms with E-state index in [9.17, 15) is 4.79 Å². The molecule has 1 heterocycles. The Labute approximate surface area is 129 Å². The molecular weight excluding hydrogens is 280 g/mol. The van der Waals surface area contributed by atoms with E-state index in [4.69, 9.17) is 14.2 Å². The van der Waals surface area contributed by atoms with Crippen LogP contribution < -0.4 is 14.2 Å². The fraction of sp³-hybridized carbons (Fsp3) is 0.278. The van der Waals surface area contributed by atoms with Crippen LogP contribution in [-0.4, -0.2) is 12.8 Å². The minimum absolute atomic E-state index is 0.130. The van der Waals surface area contributed by atoms with E-state index >= 15 is 0 Å². The Morgan fingerprint density at radius 2 is 1.86 bits per heavy atom. The number of ether oxygens (including phenoxy) is 3. The lowest BCUT2D eigenvalue weighted by atomic mass is 9.88. The fourth-order valence-corrected chi connectivity index (χ4v) is 2.78. The molecule has 4 heteroatoms. The monoisotopic (exact) mass is 298 g/mol. The van der Waals surface area contributed by atoms with Crippen molar-refractivity contribution in [2.45, 2.75) is 26.2 Å². The van der Waals surface area contributed by atoms with Crippen molar-refractivity contribution in [1.82, 2.24) is 0 Å². The number of benzene rings is 2. The Bertz CT molecular complexity index is 679. The number of hydrogen-bond donors (Lipinski definition) is 0. The topological polar surface area (TPSA) is 44.8 Å². The van der Waals surface area contributed by atoms with Crippen molar-refractivity contribution in [1.29, 1.82) is 0 Å². The van der Waals surface area contributed by atoms with E-state index in [-0.39, 0.29) is 18.7 Å². The molecule has 22 heavy (non-hydrogen) atoms. The molecule has 0 radical (unpaired) electrons. The Kier molecular flexibility index (Phi) is 4.00. The molecule has 0 N–H and O–H groups in total. The first kappa shape index (κ1) is 14.4. The normalized spacial score (nSPS) is 13.7. The molecule has 1 aliphatic rings. The standard InChI is InChI=1S/C18H18O4/c1-3-14(13-7-5-4-6-8-13)15-9-17-18(21-11-20-17)10-16(15)22-12(2)19/h4-10,14H,3,11H2,1-2H3/t14-/m1/s1. The largest absolute Gasteiger partial charge is 0.454 e. The number of rotatable bonds is 4. The van der Waals surface area contributed by atoms with Crippen LogP contribution in [0.25, 0.3) is 0 Å². The average molecular weight is 298 g/mol. The quantitative estimate of drug-likeness (QED) is 0.634. The molecule has 2 aromatic carbocycles. The third-order valence-corrected chi connectivity index (χ3v) is 3.74. The van der Waals surface area contributed by atoms with Crippen molar-refractivity contribution in [2.24, 2.45) is 0 Å². The lowest BCUT2D eigenvalue weighted by molar-refractivity contribution is -0.131. The van der Waals surface area contributed by atoms with Gasteiger partial charge < -0.3 is 14.2 Å². The Balaban J connectivity index is 2.09. The van der Waals surface area contributed by atoms with Crippen molar-refractivity contribution >= 4 is 5.97 Å². The summed E-state index contributed by atoms with van der Waals surface area (Å²) < 4.78 is 16.2. The van der Waals surface area contributed by atoms with Crippen LogP contribution in [0.3, 0.4) is 0 Å².